The lowest BCUT2D eigenvalue weighted by Gasteiger charge is -2.37. The SMILES string of the molecule is C1=CC2Cc3c4c(n(C5C=CC6C7Cc8ccccc8C=C7N(c7cccc(C8N=C(c9cc%10ccccc%10c%10ccccc9%10)NC(c9ccccc9)N8)c7)C6C5)c3C=C2CC1)C=CCC4. The molecule has 1 saturated heterocycles. The largest absolute Gasteiger partial charge is 0.350 e. The molecule has 3 heterocycles. The predicted molar refractivity (Wildman–Crippen MR) is 272 cm³/mol. The van der Waals surface area contributed by atoms with Gasteiger partial charge in [0.2, 0.25) is 0 Å². The normalized spacial score (nSPS) is 25.7. The van der Waals surface area contributed by atoms with Crippen molar-refractivity contribution in [3.05, 3.63) is 225 Å². The van der Waals surface area contributed by atoms with Gasteiger partial charge in [0.05, 0.1) is 6.04 Å². The first-order valence-corrected chi connectivity index (χ1v) is 24.4. The Morgan fingerprint density at radius 2 is 1.45 bits per heavy atom. The van der Waals surface area contributed by atoms with Crippen molar-refractivity contribution < 1.29 is 0 Å². The second-order valence-electron chi connectivity index (χ2n) is 19.6. The molecule has 1 aromatic heterocycles. The van der Waals surface area contributed by atoms with Gasteiger partial charge in [0.15, 0.2) is 0 Å². The van der Waals surface area contributed by atoms with Crippen LogP contribution in [0.3, 0.4) is 0 Å². The summed E-state index contributed by atoms with van der Waals surface area (Å²) in [6, 6.07) is 49.6. The number of nitrogens with one attached hydrogen (secondary N) is 2. The molecule has 2 aliphatic heterocycles. The van der Waals surface area contributed by atoms with Gasteiger partial charge in [0.25, 0.3) is 0 Å². The Morgan fingerprint density at radius 1 is 0.636 bits per heavy atom. The average molecular weight is 856 g/mol. The van der Waals surface area contributed by atoms with Gasteiger partial charge in [0, 0.05) is 52.1 Å². The van der Waals surface area contributed by atoms with E-state index in [2.05, 4.69) is 202 Å². The lowest BCUT2D eigenvalue weighted by molar-refractivity contribution is 0.370. The van der Waals surface area contributed by atoms with Crippen LogP contribution in [0, 0.1) is 17.8 Å². The van der Waals surface area contributed by atoms with Crippen molar-refractivity contribution in [3.8, 4) is 0 Å². The van der Waals surface area contributed by atoms with Gasteiger partial charge in [-0.25, -0.2) is 4.99 Å². The van der Waals surface area contributed by atoms with Crippen molar-refractivity contribution in [2.24, 2.45) is 22.7 Å². The van der Waals surface area contributed by atoms with Crippen LogP contribution < -0.4 is 15.5 Å². The van der Waals surface area contributed by atoms with Crippen LogP contribution in [0.1, 0.15) is 94.4 Å². The zero-order valence-corrected chi connectivity index (χ0v) is 37.2. The molecule has 5 aliphatic carbocycles. The number of hydrogen-bond acceptors (Lipinski definition) is 4. The lowest BCUT2D eigenvalue weighted by Crippen LogP contribution is -2.45. The van der Waals surface area contributed by atoms with Crippen LogP contribution in [0.25, 0.3) is 39.8 Å². The van der Waals surface area contributed by atoms with Crippen molar-refractivity contribution >= 4 is 51.3 Å². The molecule has 0 spiro atoms. The number of aliphatic imine (C=N–C) groups is 1. The Kier molecular flexibility index (Phi) is 8.90. The lowest BCUT2D eigenvalue weighted by atomic mass is 9.76. The zero-order chi connectivity index (χ0) is 43.3. The van der Waals surface area contributed by atoms with Gasteiger partial charge in [-0.15, -0.1) is 0 Å². The summed E-state index contributed by atoms with van der Waals surface area (Å²) in [5.74, 6) is 2.30. The topological polar surface area (TPSA) is 44.6 Å². The summed E-state index contributed by atoms with van der Waals surface area (Å²) < 4.78 is 2.77. The molecule has 6 aromatic carbocycles. The minimum absolute atomic E-state index is 0.137. The molecule has 322 valence electrons. The van der Waals surface area contributed by atoms with Crippen LogP contribution >= 0.6 is 0 Å². The molecule has 7 aromatic rings. The number of hydrogen-bond donors (Lipinski definition) is 2. The van der Waals surface area contributed by atoms with E-state index in [0.717, 1.165) is 49.9 Å². The van der Waals surface area contributed by atoms with Crippen LogP contribution in [-0.4, -0.2) is 16.4 Å². The standard InChI is InChI=1S/C61H53N5/c1-2-15-38(16-3-1)59-62-60(64-61(63-59)54-34-43-21-8-9-24-47(43)48-25-10-11-26-49(48)54)44-22-14-23-45(31-44)66-57-36-42-20-7-5-18-40(42)33-53(57)51-30-29-46(37-58(51)66)65-55-28-13-12-27-50(55)52-32-39-17-4-6-19-41(39)35-56(52)65/h1-5,7-11,13-18,20-26,28-31,34-36,39,46,51,53,58-60,62H,6,12,19,27,32-33,37H2,(H,63,64). The molecule has 5 nitrogen and oxygen atoms in total. The summed E-state index contributed by atoms with van der Waals surface area (Å²) in [5.41, 5.74) is 16.8. The van der Waals surface area contributed by atoms with Crippen molar-refractivity contribution in [3.63, 3.8) is 0 Å². The van der Waals surface area contributed by atoms with Gasteiger partial charge < -0.3 is 14.8 Å². The Labute approximate surface area is 387 Å². The van der Waals surface area contributed by atoms with Gasteiger partial charge in [-0.2, -0.15) is 0 Å². The third-order valence-electron chi connectivity index (χ3n) is 16.1. The van der Waals surface area contributed by atoms with E-state index >= 15 is 0 Å². The van der Waals surface area contributed by atoms with E-state index in [1.807, 2.05) is 0 Å². The number of nitrogens with zero attached hydrogens (tertiary/aromatic N) is 3. The molecule has 0 bridgehead atoms. The van der Waals surface area contributed by atoms with E-state index < -0.39 is 0 Å². The third-order valence-corrected chi connectivity index (χ3v) is 16.1. The molecule has 0 saturated carbocycles. The molecule has 7 unspecified atom stereocenters. The highest BCUT2D eigenvalue weighted by Crippen LogP contribution is 2.53. The minimum atomic E-state index is -0.276. The van der Waals surface area contributed by atoms with Crippen LogP contribution in [-0.2, 0) is 19.3 Å². The van der Waals surface area contributed by atoms with Crippen LogP contribution in [0.2, 0.25) is 0 Å². The molecule has 5 heteroatoms. The van der Waals surface area contributed by atoms with E-state index in [9.17, 15) is 0 Å². The first kappa shape index (κ1) is 38.3. The highest BCUT2D eigenvalue weighted by Gasteiger charge is 2.48. The average Bonchev–Trinajstić information content (AvgIpc) is 3.88. The van der Waals surface area contributed by atoms with Crippen LogP contribution in [0.5, 0.6) is 0 Å². The number of benzene rings is 6. The Bertz CT molecular complexity index is 3300. The predicted octanol–water partition coefficient (Wildman–Crippen LogP) is 13.2. The first-order chi connectivity index (χ1) is 32.7. The van der Waals surface area contributed by atoms with Crippen LogP contribution in [0.15, 0.2) is 180 Å². The zero-order valence-electron chi connectivity index (χ0n) is 37.2. The second-order valence-corrected chi connectivity index (χ2v) is 19.6. The number of anilines is 1. The Hall–Kier alpha value is -6.95. The molecule has 1 fully saturated rings. The van der Waals surface area contributed by atoms with Gasteiger partial charge in [-0.1, -0.05) is 151 Å². The molecule has 2 N–H and O–H groups in total. The maximum absolute atomic E-state index is 5.60. The molecule has 66 heavy (non-hydrogen) atoms. The minimum Gasteiger partial charge on any atom is -0.350 e. The smallest absolute Gasteiger partial charge is 0.132 e. The van der Waals surface area contributed by atoms with E-state index in [4.69, 9.17) is 4.99 Å². The number of allylic oxidation sites excluding steroid dienone is 6. The Morgan fingerprint density at radius 3 is 2.39 bits per heavy atom. The molecule has 0 radical (unpaired) electrons. The fourth-order valence-electron chi connectivity index (χ4n) is 13.0. The summed E-state index contributed by atoms with van der Waals surface area (Å²) in [6.45, 7) is 0. The highest BCUT2D eigenvalue weighted by molar-refractivity contribution is 6.18. The van der Waals surface area contributed by atoms with Crippen molar-refractivity contribution in [2.75, 3.05) is 4.90 Å². The van der Waals surface area contributed by atoms with Crippen molar-refractivity contribution in [2.45, 2.75) is 69.4 Å². The second kappa shape index (κ2) is 15.3. The van der Waals surface area contributed by atoms with E-state index in [1.165, 1.54) is 73.0 Å². The summed E-state index contributed by atoms with van der Waals surface area (Å²) in [7, 11) is 0. The van der Waals surface area contributed by atoms with Gasteiger partial charge in [-0.3, -0.25) is 5.32 Å². The number of aromatic nitrogens is 1. The third kappa shape index (κ3) is 6.13. The Balaban J connectivity index is 0.886. The maximum atomic E-state index is 5.60. The number of fused-ring (bicyclic) bond motifs is 11. The van der Waals surface area contributed by atoms with E-state index in [-0.39, 0.29) is 18.4 Å². The summed E-state index contributed by atoms with van der Waals surface area (Å²) in [4.78, 5) is 8.37. The first-order valence-electron chi connectivity index (χ1n) is 24.4. The number of amidine groups is 1. The summed E-state index contributed by atoms with van der Waals surface area (Å²) in [6.07, 6.45) is 27.6. The van der Waals surface area contributed by atoms with E-state index in [0.29, 0.717) is 23.8 Å². The molecular formula is C61H53N5. The monoisotopic (exact) mass is 855 g/mol. The van der Waals surface area contributed by atoms with Gasteiger partial charge in [0.1, 0.15) is 18.2 Å². The molecular weight excluding hydrogens is 803 g/mol. The fourth-order valence-corrected chi connectivity index (χ4v) is 13.0. The maximum Gasteiger partial charge on any atom is 0.132 e. The molecule has 7 aliphatic rings. The van der Waals surface area contributed by atoms with Gasteiger partial charge in [-0.05, 0) is 136 Å². The van der Waals surface area contributed by atoms with Gasteiger partial charge >= 0.3 is 0 Å². The van der Waals surface area contributed by atoms with E-state index in [1.54, 1.807) is 16.7 Å². The fraction of sp³-hybridized carbons (Fsp3) is 0.230. The summed E-state index contributed by atoms with van der Waals surface area (Å²) >= 11 is 0. The highest BCUT2D eigenvalue weighted by atomic mass is 15.3. The molecule has 0 amide bonds. The van der Waals surface area contributed by atoms with Crippen molar-refractivity contribution in [1.82, 2.24) is 15.2 Å². The quantitative estimate of drug-likeness (QED) is 0.134. The molecule has 14 rings (SSSR count). The molecule has 7 atom stereocenters. The van der Waals surface area contributed by atoms with Crippen LogP contribution in [0.4, 0.5) is 5.69 Å². The number of rotatable bonds is 5. The van der Waals surface area contributed by atoms with Crippen molar-refractivity contribution in [1.29, 1.82) is 0 Å². The summed E-state index contributed by atoms with van der Waals surface area (Å²) in [5, 5.41) is 12.7.